The number of hydrogen-bond donors (Lipinski definition) is 5. The molecule has 0 saturated carbocycles. The molecule has 20 heteroatoms. The summed E-state index contributed by atoms with van der Waals surface area (Å²) in [7, 11) is 3.38. The summed E-state index contributed by atoms with van der Waals surface area (Å²) in [5, 5.41) is 73.7. The number of nitro benzene ring substituents is 1. The highest BCUT2D eigenvalue weighted by Crippen LogP contribution is 2.39. The first kappa shape index (κ1) is 54.0. The van der Waals surface area contributed by atoms with Crippen molar-refractivity contribution < 1.29 is 58.7 Å². The highest BCUT2D eigenvalue weighted by atomic mass is 16.7. The van der Waals surface area contributed by atoms with Crippen molar-refractivity contribution in [2.45, 2.75) is 167 Å². The summed E-state index contributed by atoms with van der Waals surface area (Å²) in [4.78, 5) is 46.9. The number of rotatable bonds is 15. The fraction of sp³-hybridized carbons (Fsp3) is 0.766. The maximum Gasteiger partial charge on any atom is 0.316 e. The van der Waals surface area contributed by atoms with Crippen LogP contribution < -0.4 is 5.32 Å². The molecular weight excluding hydrogens is 871 g/mol. The van der Waals surface area contributed by atoms with Gasteiger partial charge < -0.3 is 54.4 Å². The van der Waals surface area contributed by atoms with E-state index >= 15 is 0 Å². The first-order valence-electron chi connectivity index (χ1n) is 23.7. The molecular formula is C47H75N7O13. The summed E-state index contributed by atoms with van der Waals surface area (Å²) in [5.41, 5.74) is -1.36. The highest BCUT2D eigenvalue weighted by Gasteiger charge is 2.52. The molecule has 5 rings (SSSR count). The summed E-state index contributed by atoms with van der Waals surface area (Å²) >= 11 is 0. The lowest BCUT2D eigenvalue weighted by molar-refractivity contribution is -0.384. The quantitative estimate of drug-likeness (QED) is 0.0743. The first-order chi connectivity index (χ1) is 31.6. The number of carbonyl (C=O) groups excluding carboxylic acids is 2. The Bertz CT molecular complexity index is 1960. The standard InChI is InChI=1S/C47H75N7O13/c1-11-38-47(8,60)42(58)29(4)39(50-67-36-13-12-19-48-24-36)27(2)23-46(7,63-10)43(30(5)40(56)31(6)44(59)65-38)66-45-41(57)37(21-28(3)64-45)52(9)20-18-33-25-53(51-49-33)35(26-55)22-32-14-16-34(17-15-32)54(61)62/h14-17,25,27-31,35-38,41-43,45,48,55,57-58,60H,11-13,18-24,26H2,1-10H3/b50-39+/t27-,28-,29+,30+,31-,35?,36-,37+,38-,41-,42-,43-,45+,46-,47-/m1/s1. The third-order valence-electron chi connectivity index (χ3n) is 14.3. The number of oxime groups is 1. The Hall–Kier alpha value is -3.99. The van der Waals surface area contributed by atoms with Gasteiger partial charge in [0.1, 0.15) is 29.8 Å². The zero-order valence-corrected chi connectivity index (χ0v) is 40.8. The van der Waals surface area contributed by atoms with Gasteiger partial charge in [-0.3, -0.25) is 19.7 Å². The van der Waals surface area contributed by atoms with Crippen LogP contribution in [0.1, 0.15) is 105 Å². The smallest absolute Gasteiger partial charge is 0.316 e. The number of methoxy groups -OCH3 is 1. The van der Waals surface area contributed by atoms with Crippen molar-refractivity contribution in [3.8, 4) is 0 Å². The van der Waals surface area contributed by atoms with Gasteiger partial charge in [-0.2, -0.15) is 0 Å². The minimum Gasteiger partial charge on any atom is -0.459 e. The van der Waals surface area contributed by atoms with Crippen molar-refractivity contribution in [1.82, 2.24) is 25.2 Å². The van der Waals surface area contributed by atoms with Gasteiger partial charge in [0.15, 0.2) is 12.1 Å². The van der Waals surface area contributed by atoms with E-state index in [9.17, 15) is 40.1 Å². The van der Waals surface area contributed by atoms with Crippen LogP contribution >= 0.6 is 0 Å². The predicted molar refractivity (Wildman–Crippen MR) is 246 cm³/mol. The van der Waals surface area contributed by atoms with Crippen LogP contribution in [-0.2, 0) is 46.2 Å². The van der Waals surface area contributed by atoms with Crippen LogP contribution in [-0.4, -0.2) is 163 Å². The number of aliphatic hydroxyl groups excluding tert-OH is 3. The van der Waals surface area contributed by atoms with Gasteiger partial charge in [-0.1, -0.05) is 50.2 Å². The van der Waals surface area contributed by atoms with Gasteiger partial charge in [0.25, 0.3) is 5.69 Å². The summed E-state index contributed by atoms with van der Waals surface area (Å²) in [6, 6.07) is 5.24. The van der Waals surface area contributed by atoms with Gasteiger partial charge in [0.05, 0.1) is 52.9 Å². The maximum atomic E-state index is 14.4. The highest BCUT2D eigenvalue weighted by molar-refractivity contribution is 6.00. The van der Waals surface area contributed by atoms with Gasteiger partial charge in [0.2, 0.25) is 0 Å². The van der Waals surface area contributed by atoms with Crippen molar-refractivity contribution in [1.29, 1.82) is 0 Å². The predicted octanol–water partition coefficient (Wildman–Crippen LogP) is 3.17. The lowest BCUT2D eigenvalue weighted by Gasteiger charge is -2.47. The number of nitro groups is 1. The van der Waals surface area contributed by atoms with Crippen LogP contribution in [0, 0.1) is 33.8 Å². The number of cyclic esters (lactones) is 1. The van der Waals surface area contributed by atoms with Crippen molar-refractivity contribution in [3.05, 3.63) is 51.8 Å². The molecule has 4 heterocycles. The number of aliphatic hydroxyl groups is 4. The van der Waals surface area contributed by atoms with Gasteiger partial charge in [-0.15, -0.1) is 5.10 Å². The van der Waals surface area contributed by atoms with Crippen molar-refractivity contribution in [2.24, 2.45) is 28.8 Å². The normalized spacial score (nSPS) is 36.1. The zero-order valence-electron chi connectivity index (χ0n) is 40.8. The number of esters is 1. The third-order valence-corrected chi connectivity index (χ3v) is 14.3. The maximum absolute atomic E-state index is 14.4. The lowest BCUT2D eigenvalue weighted by atomic mass is 9.74. The number of carbonyl (C=O) groups is 2. The van der Waals surface area contributed by atoms with E-state index in [4.69, 9.17) is 23.8 Å². The molecule has 0 aliphatic carbocycles. The average molecular weight is 946 g/mol. The SMILES string of the molecule is CC[C@H]1OC(=O)[C@H](C)C(=O)[C@H](C)[C@@H](O[C@@H]2O[C@H](C)C[C@H](N(C)CCc3cn(C(CO)Cc4ccc([N+](=O)[O-])cc4)nn3)[C@H]2O)[C@](C)(OC)C[C@@H](C)/C(=N\O[C@@H]2CCCNC2)[C@H](C)[C@@H](O)[C@]1(C)O. The largest absolute Gasteiger partial charge is 0.459 e. The van der Waals surface area contributed by atoms with Crippen molar-refractivity contribution >= 4 is 23.2 Å². The number of hydrogen-bond acceptors (Lipinski definition) is 18. The number of non-ortho nitro benzene ring substituents is 1. The molecule has 376 valence electrons. The van der Waals surface area contributed by atoms with E-state index in [0.29, 0.717) is 43.8 Å². The average Bonchev–Trinajstić information content (AvgIpc) is 3.79. The van der Waals surface area contributed by atoms with E-state index in [1.54, 1.807) is 50.7 Å². The molecule has 2 aromatic rings. The van der Waals surface area contributed by atoms with Crippen LogP contribution in [0.25, 0.3) is 0 Å². The second kappa shape index (κ2) is 23.5. The molecule has 0 amide bonds. The molecule has 0 radical (unpaired) electrons. The van der Waals surface area contributed by atoms with E-state index in [2.05, 4.69) is 20.8 Å². The van der Waals surface area contributed by atoms with Crippen LogP contribution in [0.5, 0.6) is 0 Å². The topological polar surface area (TPSA) is 263 Å². The Morgan fingerprint density at radius 2 is 1.82 bits per heavy atom. The molecule has 0 spiro atoms. The fourth-order valence-corrected chi connectivity index (χ4v) is 9.92. The Balaban J connectivity index is 1.39. The summed E-state index contributed by atoms with van der Waals surface area (Å²) in [6.45, 7) is 15.3. The van der Waals surface area contributed by atoms with Crippen LogP contribution in [0.4, 0.5) is 5.69 Å². The molecule has 67 heavy (non-hydrogen) atoms. The second-order valence-electron chi connectivity index (χ2n) is 19.5. The molecule has 1 aromatic carbocycles. The van der Waals surface area contributed by atoms with E-state index in [0.717, 1.165) is 24.9 Å². The Morgan fingerprint density at radius 3 is 2.43 bits per heavy atom. The molecule has 3 aliphatic heterocycles. The third kappa shape index (κ3) is 13.0. The van der Waals surface area contributed by atoms with Gasteiger partial charge in [-0.05, 0) is 85.4 Å². The number of likely N-dealkylation sites (N-methyl/N-ethyl adjacent to an activating group) is 1. The molecule has 5 N–H and O–H groups in total. The molecule has 0 bridgehead atoms. The van der Waals surface area contributed by atoms with Crippen LogP contribution in [0.2, 0.25) is 0 Å². The van der Waals surface area contributed by atoms with Gasteiger partial charge in [-0.25, -0.2) is 4.68 Å². The number of benzene rings is 1. The monoisotopic (exact) mass is 946 g/mol. The summed E-state index contributed by atoms with van der Waals surface area (Å²) < 4.78 is 26.9. The molecule has 3 fully saturated rings. The Morgan fingerprint density at radius 1 is 1.12 bits per heavy atom. The number of nitrogens with one attached hydrogen (secondary N) is 1. The molecule has 1 unspecified atom stereocenters. The zero-order chi connectivity index (χ0) is 49.4. The van der Waals surface area contributed by atoms with Crippen LogP contribution in [0.3, 0.4) is 0 Å². The van der Waals surface area contributed by atoms with E-state index < -0.39 is 94.3 Å². The lowest BCUT2D eigenvalue weighted by Crippen LogP contribution is -2.60. The number of ether oxygens (including phenoxy) is 4. The van der Waals surface area contributed by atoms with Crippen LogP contribution in [0.15, 0.2) is 35.6 Å². The number of nitrogens with zero attached hydrogens (tertiary/aromatic N) is 6. The first-order valence-corrected chi connectivity index (χ1v) is 23.7. The van der Waals surface area contributed by atoms with Gasteiger partial charge in [0, 0.05) is 68.7 Å². The minimum atomic E-state index is -1.93. The van der Waals surface area contributed by atoms with E-state index in [1.807, 2.05) is 25.8 Å². The van der Waals surface area contributed by atoms with Gasteiger partial charge >= 0.3 is 5.97 Å². The summed E-state index contributed by atoms with van der Waals surface area (Å²) in [6.07, 6.45) is -1.71. The Labute approximate surface area is 393 Å². The summed E-state index contributed by atoms with van der Waals surface area (Å²) in [5.74, 6) is -4.95. The molecule has 15 atom stereocenters. The second-order valence-corrected chi connectivity index (χ2v) is 19.5. The fourth-order valence-electron chi connectivity index (χ4n) is 9.92. The van der Waals surface area contributed by atoms with E-state index in [-0.39, 0.29) is 37.3 Å². The van der Waals surface area contributed by atoms with Crippen molar-refractivity contribution in [3.63, 3.8) is 0 Å². The number of aromatic nitrogens is 3. The number of ketones is 1. The molecule has 1 aromatic heterocycles. The number of Topliss-reactive ketones (excluding diaryl/α,β-unsaturated/α-hetero) is 1. The molecule has 3 aliphatic rings. The van der Waals surface area contributed by atoms with Crippen molar-refractivity contribution in [2.75, 3.05) is 40.4 Å². The number of piperidine rings is 1. The Kier molecular flexibility index (Phi) is 19.0. The van der Waals surface area contributed by atoms with E-state index in [1.165, 1.54) is 33.1 Å². The minimum absolute atomic E-state index is 0.0198. The molecule has 20 nitrogen and oxygen atoms in total. The molecule has 3 saturated heterocycles.